The number of aromatic amines is 1. The first-order valence-corrected chi connectivity index (χ1v) is 13.0. The van der Waals surface area contributed by atoms with E-state index in [4.69, 9.17) is 16.3 Å². The average Bonchev–Trinajstić information content (AvgIpc) is 3.37. The molecule has 1 fully saturated rings. The molecule has 2 amide bonds. The number of aromatic nitrogens is 2. The molecular weight excluding hydrogens is 507 g/mol. The molecule has 4 aromatic rings. The number of carbonyl (C=O) groups is 2. The average molecular weight is 535 g/mol. The van der Waals surface area contributed by atoms with Gasteiger partial charge in [0.05, 0.1) is 24.4 Å². The third kappa shape index (κ3) is 6.38. The van der Waals surface area contributed by atoms with Crippen molar-refractivity contribution in [2.24, 2.45) is 0 Å². The van der Waals surface area contributed by atoms with Crippen molar-refractivity contribution >= 4 is 34.3 Å². The lowest BCUT2D eigenvalue weighted by Crippen LogP contribution is -2.52. The van der Waals surface area contributed by atoms with Crippen molar-refractivity contribution in [2.45, 2.75) is 38.0 Å². The van der Waals surface area contributed by atoms with Crippen LogP contribution in [0.15, 0.2) is 72.9 Å². The number of H-pyrrole nitrogens is 1. The van der Waals surface area contributed by atoms with Crippen LogP contribution in [0.1, 0.15) is 34.5 Å². The highest BCUT2D eigenvalue weighted by atomic mass is 35.5. The number of nitrogens with one attached hydrogen (secondary N) is 2. The third-order valence-electron chi connectivity index (χ3n) is 6.76. The lowest BCUT2D eigenvalue weighted by Gasteiger charge is -2.34. The first kappa shape index (κ1) is 25.9. The Kier molecular flexibility index (Phi) is 8.00. The van der Waals surface area contributed by atoms with E-state index in [1.54, 1.807) is 35.4 Å². The van der Waals surface area contributed by atoms with Gasteiger partial charge in [0, 0.05) is 24.9 Å². The molecule has 7 nitrogen and oxygen atoms in total. The summed E-state index contributed by atoms with van der Waals surface area (Å²) in [7, 11) is 0. The highest BCUT2D eigenvalue weighted by Crippen LogP contribution is 2.20. The molecule has 5 rings (SSSR count). The molecule has 0 radical (unpaired) electrons. The number of halogens is 2. The van der Waals surface area contributed by atoms with Gasteiger partial charge in [-0.25, -0.2) is 9.37 Å². The molecule has 0 bridgehead atoms. The van der Waals surface area contributed by atoms with Crippen LogP contribution in [0.3, 0.4) is 0 Å². The van der Waals surface area contributed by atoms with Crippen molar-refractivity contribution in [1.29, 1.82) is 0 Å². The number of benzene rings is 2. The Labute approximate surface area is 225 Å². The predicted molar refractivity (Wildman–Crippen MR) is 143 cm³/mol. The fourth-order valence-electron chi connectivity index (χ4n) is 4.67. The number of piperidine rings is 1. The number of hydrogen-bond acceptors (Lipinski definition) is 4. The zero-order chi connectivity index (χ0) is 26.5. The van der Waals surface area contributed by atoms with Gasteiger partial charge in [0.2, 0.25) is 5.91 Å². The predicted octanol–water partition coefficient (Wildman–Crippen LogP) is 4.90. The molecule has 196 valence electrons. The van der Waals surface area contributed by atoms with E-state index in [0.29, 0.717) is 48.9 Å². The molecule has 0 aliphatic carbocycles. The number of fused-ring (bicyclic) bond motifs is 1. The van der Waals surface area contributed by atoms with E-state index in [-0.39, 0.29) is 24.2 Å². The number of pyridine rings is 1. The standard InChI is InChI=1S/C29H28ClFN4O3/c30-27-16-21-15-24(33-26(21)17-32-27)28(36)34-25(14-19-6-8-22(31)9-7-19)29(37)35-12-10-23(11-13-35)38-18-20-4-2-1-3-5-20/h1-9,15-17,23,25,33H,10-14,18H2,(H,34,36)/t25-/m0/s1. The summed E-state index contributed by atoms with van der Waals surface area (Å²) in [5.74, 6) is -0.951. The summed E-state index contributed by atoms with van der Waals surface area (Å²) in [4.78, 5) is 35.6. The zero-order valence-electron chi connectivity index (χ0n) is 20.7. The van der Waals surface area contributed by atoms with Crippen molar-refractivity contribution in [3.8, 4) is 0 Å². The molecule has 2 N–H and O–H groups in total. The van der Waals surface area contributed by atoms with Crippen LogP contribution < -0.4 is 5.32 Å². The van der Waals surface area contributed by atoms with Crippen molar-refractivity contribution in [3.63, 3.8) is 0 Å². The summed E-state index contributed by atoms with van der Waals surface area (Å²) >= 11 is 5.97. The van der Waals surface area contributed by atoms with Gasteiger partial charge in [-0.3, -0.25) is 9.59 Å². The first-order valence-electron chi connectivity index (χ1n) is 12.6. The molecular formula is C29H28ClFN4O3. The maximum Gasteiger partial charge on any atom is 0.268 e. The Morgan fingerprint density at radius 3 is 2.55 bits per heavy atom. The number of carbonyl (C=O) groups excluding carboxylic acids is 2. The molecule has 38 heavy (non-hydrogen) atoms. The van der Waals surface area contributed by atoms with Crippen LogP contribution in [-0.4, -0.2) is 51.9 Å². The van der Waals surface area contributed by atoms with E-state index < -0.39 is 11.9 Å². The Morgan fingerprint density at radius 2 is 1.82 bits per heavy atom. The smallest absolute Gasteiger partial charge is 0.268 e. The molecule has 3 heterocycles. The summed E-state index contributed by atoms with van der Waals surface area (Å²) < 4.78 is 19.5. The third-order valence-corrected chi connectivity index (χ3v) is 6.96. The van der Waals surface area contributed by atoms with Gasteiger partial charge in [0.25, 0.3) is 5.91 Å². The molecule has 9 heteroatoms. The molecule has 0 saturated carbocycles. The van der Waals surface area contributed by atoms with Gasteiger partial charge in [0.1, 0.15) is 22.7 Å². The molecule has 1 aliphatic rings. The quantitative estimate of drug-likeness (QED) is 0.315. The lowest BCUT2D eigenvalue weighted by atomic mass is 10.0. The van der Waals surface area contributed by atoms with Crippen LogP contribution in [0.2, 0.25) is 5.15 Å². The summed E-state index contributed by atoms with van der Waals surface area (Å²) in [5.41, 5.74) is 2.83. The van der Waals surface area contributed by atoms with Crippen molar-refractivity contribution in [2.75, 3.05) is 13.1 Å². The van der Waals surface area contributed by atoms with Gasteiger partial charge in [-0.1, -0.05) is 54.1 Å². The van der Waals surface area contributed by atoms with Crippen LogP contribution in [-0.2, 0) is 22.6 Å². The van der Waals surface area contributed by atoms with Gasteiger partial charge in [-0.15, -0.1) is 0 Å². The second-order valence-electron chi connectivity index (χ2n) is 9.46. The number of likely N-dealkylation sites (tertiary alicyclic amines) is 1. The minimum atomic E-state index is -0.817. The van der Waals surface area contributed by atoms with Crippen molar-refractivity contribution < 1.29 is 18.7 Å². The normalized spacial score (nSPS) is 14.9. The van der Waals surface area contributed by atoms with E-state index in [9.17, 15) is 14.0 Å². The maximum absolute atomic E-state index is 13.6. The largest absolute Gasteiger partial charge is 0.373 e. The topological polar surface area (TPSA) is 87.3 Å². The minimum Gasteiger partial charge on any atom is -0.373 e. The number of rotatable bonds is 8. The second-order valence-corrected chi connectivity index (χ2v) is 9.84. The SMILES string of the molecule is O=C(N[C@@H](Cc1ccc(F)cc1)C(=O)N1CCC(OCc2ccccc2)CC1)c1cc2cc(Cl)ncc2[nH]1. The van der Waals surface area contributed by atoms with Crippen LogP contribution in [0, 0.1) is 5.82 Å². The Hall–Kier alpha value is -3.75. The zero-order valence-corrected chi connectivity index (χ0v) is 21.5. The number of amides is 2. The van der Waals surface area contributed by atoms with E-state index in [1.807, 2.05) is 30.3 Å². The molecule has 2 aromatic heterocycles. The van der Waals surface area contributed by atoms with Crippen LogP contribution in [0.5, 0.6) is 0 Å². The van der Waals surface area contributed by atoms with Crippen LogP contribution in [0.4, 0.5) is 4.39 Å². The van der Waals surface area contributed by atoms with Crippen LogP contribution >= 0.6 is 11.6 Å². The number of ether oxygens (including phenoxy) is 1. The highest BCUT2D eigenvalue weighted by molar-refractivity contribution is 6.30. The fraction of sp³-hybridized carbons (Fsp3) is 0.276. The summed E-state index contributed by atoms with van der Waals surface area (Å²) in [6, 6.07) is 18.5. The van der Waals surface area contributed by atoms with Gasteiger partial charge in [-0.05, 0) is 48.2 Å². The van der Waals surface area contributed by atoms with Gasteiger partial charge < -0.3 is 19.9 Å². The Balaban J connectivity index is 1.25. The number of nitrogens with zero attached hydrogens (tertiary/aromatic N) is 2. The minimum absolute atomic E-state index is 0.0659. The first-order chi connectivity index (χ1) is 18.4. The summed E-state index contributed by atoms with van der Waals surface area (Å²) in [5, 5.41) is 3.95. The summed E-state index contributed by atoms with van der Waals surface area (Å²) in [6.45, 7) is 1.60. The van der Waals surface area contributed by atoms with Gasteiger partial charge in [-0.2, -0.15) is 0 Å². The van der Waals surface area contributed by atoms with Crippen molar-refractivity contribution in [1.82, 2.24) is 20.2 Å². The lowest BCUT2D eigenvalue weighted by molar-refractivity contribution is -0.136. The second kappa shape index (κ2) is 11.8. The molecule has 0 unspecified atom stereocenters. The molecule has 1 atom stereocenters. The van der Waals surface area contributed by atoms with E-state index in [1.165, 1.54) is 12.1 Å². The molecule has 0 spiro atoms. The van der Waals surface area contributed by atoms with Crippen LogP contribution in [0.25, 0.3) is 10.9 Å². The fourth-order valence-corrected chi connectivity index (χ4v) is 4.84. The monoisotopic (exact) mass is 534 g/mol. The van der Waals surface area contributed by atoms with E-state index >= 15 is 0 Å². The summed E-state index contributed by atoms with van der Waals surface area (Å²) in [6.07, 6.45) is 3.29. The maximum atomic E-state index is 13.6. The Morgan fingerprint density at radius 1 is 1.08 bits per heavy atom. The van der Waals surface area contributed by atoms with E-state index in [2.05, 4.69) is 15.3 Å². The van der Waals surface area contributed by atoms with Gasteiger partial charge >= 0.3 is 0 Å². The Bertz CT molecular complexity index is 1400. The van der Waals surface area contributed by atoms with Crippen molar-refractivity contribution in [3.05, 3.63) is 101 Å². The van der Waals surface area contributed by atoms with E-state index in [0.717, 1.165) is 16.5 Å². The highest BCUT2D eigenvalue weighted by Gasteiger charge is 2.30. The molecule has 2 aromatic carbocycles. The molecule has 1 saturated heterocycles. The number of hydrogen-bond donors (Lipinski definition) is 2. The van der Waals surface area contributed by atoms with Gasteiger partial charge in [0.15, 0.2) is 0 Å². The molecule has 1 aliphatic heterocycles.